The second kappa shape index (κ2) is 4.15. The fourth-order valence-corrected chi connectivity index (χ4v) is 5.05. The Hall–Kier alpha value is -1.20. The summed E-state index contributed by atoms with van der Waals surface area (Å²) in [4.78, 5) is 16.7. The van der Waals surface area contributed by atoms with Crippen LogP contribution in [0.2, 0.25) is 5.02 Å². The maximum absolute atomic E-state index is 12.7. The highest BCUT2D eigenvalue weighted by atomic mass is 35.5. The summed E-state index contributed by atoms with van der Waals surface area (Å²) in [6, 6.07) is 4.57. The molecule has 4 nitrogen and oxygen atoms in total. The number of halogens is 1. The van der Waals surface area contributed by atoms with Crippen molar-refractivity contribution in [2.45, 2.75) is 36.8 Å². The zero-order valence-corrected chi connectivity index (χ0v) is 12.8. The van der Waals surface area contributed by atoms with Gasteiger partial charge in [-0.1, -0.05) is 25.4 Å². The third kappa shape index (κ3) is 2.00. The highest BCUT2D eigenvalue weighted by Gasteiger charge is 2.48. The zero-order valence-electron chi connectivity index (χ0n) is 11.2. The average molecular weight is 312 g/mol. The number of rotatable bonds is 0. The van der Waals surface area contributed by atoms with Crippen molar-refractivity contribution in [1.29, 1.82) is 0 Å². The third-order valence-corrected chi connectivity index (χ3v) is 6.04. The minimum atomic E-state index is -3.73. The molecule has 1 heterocycles. The molecule has 106 valence electrons. The Labute approximate surface area is 122 Å². The van der Waals surface area contributed by atoms with Crippen LogP contribution < -0.4 is 0 Å². The number of Topliss-reactive ketones (excluding diaryl/α,β-unsaturated/α-hetero) is 1. The van der Waals surface area contributed by atoms with Gasteiger partial charge in [0.2, 0.25) is 0 Å². The number of aliphatic imine (C=N–C) groups is 1. The molecule has 1 saturated carbocycles. The van der Waals surface area contributed by atoms with E-state index >= 15 is 0 Å². The lowest BCUT2D eigenvalue weighted by Crippen LogP contribution is -2.47. The number of sulfone groups is 1. The second-order valence-electron chi connectivity index (χ2n) is 6.12. The molecule has 1 aliphatic carbocycles. The predicted molar refractivity (Wildman–Crippen MR) is 77.5 cm³/mol. The number of ketones is 1. The molecule has 0 N–H and O–H groups in total. The van der Waals surface area contributed by atoms with Gasteiger partial charge in [0.1, 0.15) is 0 Å². The molecule has 0 amide bonds. The molecule has 3 rings (SSSR count). The Bertz CT molecular complexity index is 750. The smallest absolute Gasteiger partial charge is 0.195 e. The molecule has 1 aromatic carbocycles. The van der Waals surface area contributed by atoms with Crippen LogP contribution in [-0.2, 0) is 14.6 Å². The Kier molecular flexibility index (Phi) is 2.86. The Morgan fingerprint density at radius 1 is 1.30 bits per heavy atom. The summed E-state index contributed by atoms with van der Waals surface area (Å²) in [5.41, 5.74) is 0.596. The average Bonchev–Trinajstić information content (AvgIpc) is 2.27. The van der Waals surface area contributed by atoms with Gasteiger partial charge in [-0.05, 0) is 30.0 Å². The minimum Gasteiger partial charge on any atom is -0.298 e. The number of nitrogens with zero attached hydrogens (tertiary/aromatic N) is 1. The first-order valence-electron chi connectivity index (χ1n) is 6.34. The third-order valence-electron chi connectivity index (χ3n) is 3.71. The molecular weight excluding hydrogens is 298 g/mol. The lowest BCUT2D eigenvalue weighted by molar-refractivity contribution is -0.120. The molecule has 0 saturated heterocycles. The number of hydrogen-bond donors (Lipinski definition) is 0. The highest BCUT2D eigenvalue weighted by Crippen LogP contribution is 2.42. The Balaban J connectivity index is 2.25. The first-order chi connectivity index (χ1) is 9.21. The van der Waals surface area contributed by atoms with Crippen LogP contribution in [0.5, 0.6) is 0 Å². The molecule has 1 atom stereocenters. The molecule has 0 bridgehead atoms. The van der Waals surface area contributed by atoms with Crippen LogP contribution in [0, 0.1) is 5.41 Å². The van der Waals surface area contributed by atoms with Gasteiger partial charge in [-0.25, -0.2) is 8.42 Å². The van der Waals surface area contributed by atoms with Gasteiger partial charge in [-0.15, -0.1) is 0 Å². The molecule has 20 heavy (non-hydrogen) atoms. The number of fused-ring (bicyclic) bond motifs is 2. The Morgan fingerprint density at radius 2 is 2.00 bits per heavy atom. The van der Waals surface area contributed by atoms with Gasteiger partial charge >= 0.3 is 0 Å². The van der Waals surface area contributed by atoms with E-state index in [4.69, 9.17) is 11.6 Å². The molecule has 2 aliphatic rings. The van der Waals surface area contributed by atoms with Crippen LogP contribution in [0.25, 0.3) is 0 Å². The predicted octanol–water partition coefficient (Wildman–Crippen LogP) is 2.96. The molecule has 0 radical (unpaired) electrons. The quantitative estimate of drug-likeness (QED) is 0.740. The maximum atomic E-state index is 12.7. The molecule has 1 unspecified atom stereocenters. The molecule has 0 aromatic heterocycles. The molecule has 6 heteroatoms. The van der Waals surface area contributed by atoms with Gasteiger partial charge in [0.05, 0.1) is 10.6 Å². The number of carbonyl (C=O) groups excluding carboxylic acids is 1. The molecule has 1 aliphatic heterocycles. The van der Waals surface area contributed by atoms with Crippen LogP contribution in [-0.4, -0.2) is 25.2 Å². The van der Waals surface area contributed by atoms with Crippen molar-refractivity contribution < 1.29 is 13.2 Å². The first kappa shape index (κ1) is 13.8. The van der Waals surface area contributed by atoms with Gasteiger partial charge in [-0.2, -0.15) is 0 Å². The van der Waals surface area contributed by atoms with Crippen LogP contribution >= 0.6 is 11.6 Å². The van der Waals surface area contributed by atoms with E-state index in [2.05, 4.69) is 4.99 Å². The van der Waals surface area contributed by atoms with Crippen LogP contribution in [0.3, 0.4) is 0 Å². The SMILES string of the molecule is CC1(C)CC(=O)C2C(=Nc3ccc(Cl)cc3S2(=O)=O)C1. The lowest BCUT2D eigenvalue weighted by atomic mass is 9.75. The number of carbonyl (C=O) groups is 1. The first-order valence-corrected chi connectivity index (χ1v) is 8.27. The van der Waals surface area contributed by atoms with Gasteiger partial charge < -0.3 is 0 Å². The summed E-state index contributed by atoms with van der Waals surface area (Å²) in [5, 5.41) is -0.795. The maximum Gasteiger partial charge on any atom is 0.195 e. The van der Waals surface area contributed by atoms with Crippen LogP contribution in [0.15, 0.2) is 28.1 Å². The number of hydrogen-bond acceptors (Lipinski definition) is 4. The van der Waals surface area contributed by atoms with Crippen LogP contribution in [0.1, 0.15) is 26.7 Å². The summed E-state index contributed by atoms with van der Waals surface area (Å²) < 4.78 is 25.3. The van der Waals surface area contributed by atoms with Crippen molar-refractivity contribution in [1.82, 2.24) is 0 Å². The molecule has 0 spiro atoms. The fraction of sp³-hybridized carbons (Fsp3) is 0.429. The standard InChI is InChI=1S/C14H14ClNO3S/c1-14(2)6-10-13(11(17)7-14)20(18,19)12-5-8(15)3-4-9(12)16-10/h3-5,13H,6-7H2,1-2H3. The van der Waals surface area contributed by atoms with E-state index in [1.54, 1.807) is 12.1 Å². The van der Waals surface area contributed by atoms with Gasteiger partial charge in [0.15, 0.2) is 20.9 Å². The van der Waals surface area contributed by atoms with E-state index in [9.17, 15) is 13.2 Å². The summed E-state index contributed by atoms with van der Waals surface area (Å²) in [5.74, 6) is -0.273. The second-order valence-corrected chi connectivity index (χ2v) is 8.56. The van der Waals surface area contributed by atoms with E-state index < -0.39 is 15.1 Å². The Morgan fingerprint density at radius 3 is 2.70 bits per heavy atom. The monoisotopic (exact) mass is 311 g/mol. The van der Waals surface area contributed by atoms with Crippen molar-refractivity contribution in [3.05, 3.63) is 23.2 Å². The van der Waals surface area contributed by atoms with E-state index in [1.807, 2.05) is 13.8 Å². The fourth-order valence-electron chi connectivity index (χ4n) is 2.94. The van der Waals surface area contributed by atoms with Gasteiger partial charge in [0, 0.05) is 17.2 Å². The van der Waals surface area contributed by atoms with E-state index in [0.717, 1.165) is 0 Å². The molecular formula is C14H14ClNO3S. The van der Waals surface area contributed by atoms with E-state index in [0.29, 0.717) is 22.8 Å². The van der Waals surface area contributed by atoms with Crippen molar-refractivity contribution >= 4 is 38.6 Å². The van der Waals surface area contributed by atoms with Gasteiger partial charge in [0.25, 0.3) is 0 Å². The summed E-state index contributed by atoms with van der Waals surface area (Å²) >= 11 is 5.86. The topological polar surface area (TPSA) is 63.6 Å². The molecule has 1 aromatic rings. The van der Waals surface area contributed by atoms with Crippen LogP contribution in [0.4, 0.5) is 5.69 Å². The van der Waals surface area contributed by atoms with Crippen molar-refractivity contribution in [3.63, 3.8) is 0 Å². The largest absolute Gasteiger partial charge is 0.298 e. The number of benzene rings is 1. The van der Waals surface area contributed by atoms with Crippen molar-refractivity contribution in [2.75, 3.05) is 0 Å². The van der Waals surface area contributed by atoms with E-state index in [1.165, 1.54) is 6.07 Å². The van der Waals surface area contributed by atoms with Crippen molar-refractivity contribution in [3.8, 4) is 0 Å². The summed E-state index contributed by atoms with van der Waals surface area (Å²) in [6.07, 6.45) is 0.774. The lowest BCUT2D eigenvalue weighted by Gasteiger charge is -2.36. The minimum absolute atomic E-state index is 0.0619. The summed E-state index contributed by atoms with van der Waals surface area (Å²) in [7, 11) is -3.73. The van der Waals surface area contributed by atoms with E-state index in [-0.39, 0.29) is 22.5 Å². The van der Waals surface area contributed by atoms with Crippen molar-refractivity contribution in [2.24, 2.45) is 10.4 Å². The normalized spacial score (nSPS) is 26.4. The molecule has 1 fully saturated rings. The zero-order chi connectivity index (χ0) is 14.7. The van der Waals surface area contributed by atoms with Gasteiger partial charge in [-0.3, -0.25) is 9.79 Å². The summed E-state index contributed by atoms with van der Waals surface area (Å²) in [6.45, 7) is 3.90. The highest BCUT2D eigenvalue weighted by molar-refractivity contribution is 7.94.